The molecule has 1 aromatic carbocycles. The number of hydrogen-bond acceptors (Lipinski definition) is 3. The Labute approximate surface area is 102 Å². The SMILES string of the molecule is CC(C)(Br)C(=O)OCc1ccc([N+]#N)cc1. The Balaban J connectivity index is 2.56. The highest BCUT2D eigenvalue weighted by Crippen LogP contribution is 2.19. The van der Waals surface area contributed by atoms with Crippen LogP contribution < -0.4 is 0 Å². The lowest BCUT2D eigenvalue weighted by molar-refractivity contribution is -0.146. The number of nitrogens with zero attached hydrogens (tertiary/aromatic N) is 2. The van der Waals surface area contributed by atoms with Crippen LogP contribution in [0, 0.1) is 5.39 Å². The van der Waals surface area contributed by atoms with Gasteiger partial charge in [-0.3, -0.25) is 4.79 Å². The second-order valence-corrected chi connectivity index (χ2v) is 5.80. The molecule has 4 nitrogen and oxygen atoms in total. The molecule has 1 rings (SSSR count). The Morgan fingerprint density at radius 2 is 2.00 bits per heavy atom. The van der Waals surface area contributed by atoms with Crippen LogP contribution in [-0.2, 0) is 16.1 Å². The van der Waals surface area contributed by atoms with E-state index in [1.807, 2.05) is 0 Å². The summed E-state index contributed by atoms with van der Waals surface area (Å²) >= 11 is 3.22. The average molecular weight is 284 g/mol. The molecule has 0 aliphatic heterocycles. The second kappa shape index (κ2) is 5.08. The van der Waals surface area contributed by atoms with Crippen LogP contribution in [0.5, 0.6) is 0 Å². The predicted octanol–water partition coefficient (Wildman–Crippen LogP) is 3.39. The highest BCUT2D eigenvalue weighted by molar-refractivity contribution is 9.10. The summed E-state index contributed by atoms with van der Waals surface area (Å²) in [6.45, 7) is 3.66. The van der Waals surface area contributed by atoms with E-state index in [2.05, 4.69) is 20.9 Å². The van der Waals surface area contributed by atoms with Crippen molar-refractivity contribution in [3.05, 3.63) is 34.8 Å². The van der Waals surface area contributed by atoms with Crippen LogP contribution in [0.4, 0.5) is 5.69 Å². The monoisotopic (exact) mass is 283 g/mol. The maximum Gasteiger partial charge on any atom is 0.385 e. The Kier molecular flexibility index (Phi) is 4.02. The molecule has 0 fully saturated rings. The van der Waals surface area contributed by atoms with Crippen molar-refractivity contribution in [2.24, 2.45) is 0 Å². The molecule has 0 saturated heterocycles. The van der Waals surface area contributed by atoms with Crippen LogP contribution in [0.25, 0.3) is 4.98 Å². The minimum Gasteiger partial charge on any atom is -0.460 e. The van der Waals surface area contributed by atoms with Crippen molar-refractivity contribution in [3.8, 4) is 0 Å². The molecule has 16 heavy (non-hydrogen) atoms. The summed E-state index contributed by atoms with van der Waals surface area (Å²) in [4.78, 5) is 14.5. The van der Waals surface area contributed by atoms with Crippen LogP contribution in [0.3, 0.4) is 0 Å². The maximum absolute atomic E-state index is 11.4. The van der Waals surface area contributed by atoms with Gasteiger partial charge in [0, 0.05) is 12.1 Å². The summed E-state index contributed by atoms with van der Waals surface area (Å²) in [6.07, 6.45) is 0. The third-order valence-electron chi connectivity index (χ3n) is 1.91. The Bertz CT molecular complexity index is 415. The van der Waals surface area contributed by atoms with Gasteiger partial charge in [-0.2, -0.15) is 0 Å². The van der Waals surface area contributed by atoms with Crippen molar-refractivity contribution in [2.75, 3.05) is 0 Å². The minimum absolute atomic E-state index is 0.208. The van der Waals surface area contributed by atoms with Crippen LogP contribution >= 0.6 is 15.9 Å². The highest BCUT2D eigenvalue weighted by Gasteiger charge is 2.25. The lowest BCUT2D eigenvalue weighted by Gasteiger charge is -2.14. The van der Waals surface area contributed by atoms with Gasteiger partial charge < -0.3 is 4.74 Å². The average Bonchev–Trinajstić information content (AvgIpc) is 2.25. The first-order valence-corrected chi connectivity index (χ1v) is 5.53. The molecule has 0 aliphatic carbocycles. The largest absolute Gasteiger partial charge is 0.460 e. The molecule has 1 aromatic rings. The fourth-order valence-electron chi connectivity index (χ4n) is 0.979. The van der Waals surface area contributed by atoms with Gasteiger partial charge in [0.25, 0.3) is 0 Å². The first kappa shape index (κ1) is 12.7. The summed E-state index contributed by atoms with van der Waals surface area (Å²) in [7, 11) is 0. The normalized spacial score (nSPS) is 10.6. The molecule has 0 aromatic heterocycles. The third-order valence-corrected chi connectivity index (χ3v) is 2.23. The zero-order valence-electron chi connectivity index (χ0n) is 9.11. The van der Waals surface area contributed by atoms with Gasteiger partial charge in [0.2, 0.25) is 5.39 Å². The molecule has 5 heteroatoms. The van der Waals surface area contributed by atoms with Crippen molar-refractivity contribution in [2.45, 2.75) is 24.8 Å². The lowest BCUT2D eigenvalue weighted by atomic mass is 10.2. The molecule has 0 radical (unpaired) electrons. The Morgan fingerprint density at radius 1 is 1.44 bits per heavy atom. The van der Waals surface area contributed by atoms with Crippen molar-refractivity contribution in [1.82, 2.24) is 0 Å². The van der Waals surface area contributed by atoms with Gasteiger partial charge >= 0.3 is 11.7 Å². The lowest BCUT2D eigenvalue weighted by Crippen LogP contribution is -2.26. The Morgan fingerprint density at radius 3 is 2.44 bits per heavy atom. The van der Waals surface area contributed by atoms with Gasteiger partial charge in [-0.25, -0.2) is 0 Å². The summed E-state index contributed by atoms with van der Waals surface area (Å²) in [5, 5.41) is 8.49. The molecular formula is C11H12BrN2O2+. The topological polar surface area (TPSA) is 54.5 Å². The standard InChI is InChI=1S/C11H12BrN2O2/c1-11(2,12)10(15)16-7-8-3-5-9(14-13)6-4-8/h3-6H,7H2,1-2H3/q+1. The van der Waals surface area contributed by atoms with E-state index in [0.29, 0.717) is 5.69 Å². The van der Waals surface area contributed by atoms with E-state index in [1.54, 1.807) is 38.1 Å². The maximum atomic E-state index is 11.4. The van der Waals surface area contributed by atoms with Crippen LogP contribution in [0.15, 0.2) is 24.3 Å². The van der Waals surface area contributed by atoms with E-state index < -0.39 is 4.32 Å². The molecule has 0 N–H and O–H groups in total. The third kappa shape index (κ3) is 3.63. The van der Waals surface area contributed by atoms with E-state index in [0.717, 1.165) is 5.56 Å². The number of carbonyl (C=O) groups excluding carboxylic acids is 1. The molecule has 0 spiro atoms. The van der Waals surface area contributed by atoms with Gasteiger partial charge in [-0.15, -0.1) is 0 Å². The van der Waals surface area contributed by atoms with Crippen molar-refractivity contribution in [1.29, 1.82) is 5.39 Å². The number of benzene rings is 1. The fourth-order valence-corrected chi connectivity index (χ4v) is 1.09. The number of halogens is 1. The zero-order chi connectivity index (χ0) is 12.2. The quantitative estimate of drug-likeness (QED) is 0.485. The second-order valence-electron chi connectivity index (χ2n) is 3.82. The number of diazo groups is 1. The smallest absolute Gasteiger partial charge is 0.385 e. The van der Waals surface area contributed by atoms with Crippen LogP contribution in [-0.4, -0.2) is 10.3 Å². The molecule has 0 heterocycles. The molecule has 84 valence electrons. The number of ether oxygens (including phenoxy) is 1. The van der Waals surface area contributed by atoms with Crippen molar-refractivity contribution >= 4 is 27.6 Å². The first-order valence-electron chi connectivity index (χ1n) is 4.73. The fraction of sp³-hybridized carbons (Fsp3) is 0.364. The van der Waals surface area contributed by atoms with E-state index in [9.17, 15) is 4.79 Å². The number of hydrogen-bond donors (Lipinski definition) is 0. The number of alkyl halides is 1. The van der Waals surface area contributed by atoms with Gasteiger partial charge in [0.15, 0.2) is 4.98 Å². The number of esters is 1. The van der Waals surface area contributed by atoms with Gasteiger partial charge in [-0.05, 0) is 31.5 Å². The van der Waals surface area contributed by atoms with E-state index in [-0.39, 0.29) is 12.6 Å². The Hall–Kier alpha value is -1.41. The van der Waals surface area contributed by atoms with Crippen molar-refractivity contribution in [3.63, 3.8) is 0 Å². The van der Waals surface area contributed by atoms with Gasteiger partial charge in [0.1, 0.15) is 10.9 Å². The molecule has 0 unspecified atom stereocenters. The molecule has 0 bridgehead atoms. The van der Waals surface area contributed by atoms with E-state index in [1.165, 1.54) is 0 Å². The van der Waals surface area contributed by atoms with Gasteiger partial charge in [-0.1, -0.05) is 15.9 Å². The summed E-state index contributed by atoms with van der Waals surface area (Å²) < 4.78 is 4.41. The summed E-state index contributed by atoms with van der Waals surface area (Å²) in [5.74, 6) is -0.316. The highest BCUT2D eigenvalue weighted by atomic mass is 79.9. The molecule has 0 atom stereocenters. The number of rotatable bonds is 3. The van der Waals surface area contributed by atoms with E-state index >= 15 is 0 Å². The summed E-state index contributed by atoms with van der Waals surface area (Å²) in [5.41, 5.74) is 1.31. The molecule has 0 saturated carbocycles. The van der Waals surface area contributed by atoms with E-state index in [4.69, 9.17) is 10.1 Å². The summed E-state index contributed by atoms with van der Waals surface area (Å²) in [6, 6.07) is 6.76. The molecular weight excluding hydrogens is 272 g/mol. The van der Waals surface area contributed by atoms with Gasteiger partial charge in [0.05, 0.1) is 0 Å². The first-order chi connectivity index (χ1) is 7.43. The minimum atomic E-state index is -0.673. The molecule has 0 amide bonds. The van der Waals surface area contributed by atoms with Crippen LogP contribution in [0.1, 0.15) is 19.4 Å². The zero-order valence-corrected chi connectivity index (χ0v) is 10.7. The molecule has 0 aliphatic rings. The van der Waals surface area contributed by atoms with Crippen molar-refractivity contribution < 1.29 is 9.53 Å². The number of carbonyl (C=O) groups is 1. The predicted molar refractivity (Wildman–Crippen MR) is 64.0 cm³/mol. The van der Waals surface area contributed by atoms with Crippen LogP contribution in [0.2, 0.25) is 0 Å².